The number of ether oxygens (including phenoxy) is 4. The summed E-state index contributed by atoms with van der Waals surface area (Å²) in [5.41, 5.74) is 2.77. The summed E-state index contributed by atoms with van der Waals surface area (Å²) < 4.78 is 23.7. The van der Waals surface area contributed by atoms with Crippen LogP contribution in [0.3, 0.4) is 0 Å². The van der Waals surface area contributed by atoms with Crippen LogP contribution in [-0.4, -0.2) is 36.3 Å². The van der Waals surface area contributed by atoms with Crippen molar-refractivity contribution >= 4 is 23.1 Å². The predicted molar refractivity (Wildman–Crippen MR) is 119 cm³/mol. The van der Waals surface area contributed by atoms with Gasteiger partial charge in [-0.05, 0) is 42.5 Å². The standard InChI is InChI=1S/C24H21N3O5/c1-15(28)27(17-8-10-19-21(13-17)32-14-31-19)24-23(25-22-6-4-5-11-26(22)24)16-7-9-18(29-2)20(12-16)30-3/h4-13H,14H2,1-3H3. The quantitative estimate of drug-likeness (QED) is 0.465. The summed E-state index contributed by atoms with van der Waals surface area (Å²) in [6.07, 6.45) is 1.88. The zero-order valence-electron chi connectivity index (χ0n) is 17.9. The van der Waals surface area contributed by atoms with Gasteiger partial charge in [0.15, 0.2) is 28.8 Å². The minimum atomic E-state index is -0.170. The molecule has 1 aliphatic heterocycles. The molecule has 1 aliphatic rings. The highest BCUT2D eigenvalue weighted by atomic mass is 16.7. The van der Waals surface area contributed by atoms with Crippen LogP contribution in [0.4, 0.5) is 11.5 Å². The van der Waals surface area contributed by atoms with E-state index in [0.29, 0.717) is 45.8 Å². The number of hydrogen-bond acceptors (Lipinski definition) is 6. The second kappa shape index (κ2) is 7.81. The third kappa shape index (κ3) is 3.17. The van der Waals surface area contributed by atoms with E-state index in [-0.39, 0.29) is 12.7 Å². The number of methoxy groups -OCH3 is 2. The number of nitrogens with zero attached hydrogens (tertiary/aromatic N) is 3. The van der Waals surface area contributed by atoms with Crippen molar-refractivity contribution < 1.29 is 23.7 Å². The highest BCUT2D eigenvalue weighted by Gasteiger charge is 2.26. The maximum Gasteiger partial charge on any atom is 0.231 e. The lowest BCUT2D eigenvalue weighted by Crippen LogP contribution is -2.24. The molecule has 5 rings (SSSR count). The lowest BCUT2D eigenvalue weighted by Gasteiger charge is -2.22. The Morgan fingerprint density at radius 2 is 1.81 bits per heavy atom. The van der Waals surface area contributed by atoms with Crippen molar-refractivity contribution in [3.05, 3.63) is 60.8 Å². The molecule has 0 atom stereocenters. The van der Waals surface area contributed by atoms with Gasteiger partial charge in [0.05, 0.1) is 19.9 Å². The van der Waals surface area contributed by atoms with Gasteiger partial charge in [0.1, 0.15) is 11.3 Å². The van der Waals surface area contributed by atoms with E-state index in [1.54, 1.807) is 31.3 Å². The molecule has 0 bridgehead atoms. The van der Waals surface area contributed by atoms with Crippen LogP contribution in [0.5, 0.6) is 23.0 Å². The second-order valence-corrected chi connectivity index (χ2v) is 7.17. The van der Waals surface area contributed by atoms with Crippen molar-refractivity contribution in [1.82, 2.24) is 9.38 Å². The van der Waals surface area contributed by atoms with Crippen LogP contribution in [0.25, 0.3) is 16.9 Å². The number of benzene rings is 2. The largest absolute Gasteiger partial charge is 0.493 e. The fourth-order valence-electron chi connectivity index (χ4n) is 3.85. The molecule has 0 saturated carbocycles. The van der Waals surface area contributed by atoms with E-state index in [0.717, 1.165) is 5.56 Å². The van der Waals surface area contributed by atoms with E-state index in [9.17, 15) is 4.79 Å². The summed E-state index contributed by atoms with van der Waals surface area (Å²) in [5, 5.41) is 0. The first-order chi connectivity index (χ1) is 15.6. The monoisotopic (exact) mass is 431 g/mol. The number of carbonyl (C=O) groups is 1. The number of carbonyl (C=O) groups excluding carboxylic acids is 1. The molecule has 0 radical (unpaired) electrons. The molecule has 162 valence electrons. The van der Waals surface area contributed by atoms with Crippen LogP contribution in [0, 0.1) is 0 Å². The van der Waals surface area contributed by atoms with Crippen molar-refractivity contribution in [3.8, 4) is 34.3 Å². The molecule has 32 heavy (non-hydrogen) atoms. The van der Waals surface area contributed by atoms with Gasteiger partial charge in [-0.1, -0.05) is 6.07 Å². The van der Waals surface area contributed by atoms with Gasteiger partial charge in [-0.15, -0.1) is 0 Å². The summed E-state index contributed by atoms with van der Waals surface area (Å²) in [4.78, 5) is 19.4. The molecule has 8 nitrogen and oxygen atoms in total. The van der Waals surface area contributed by atoms with E-state index >= 15 is 0 Å². The number of rotatable bonds is 5. The topological polar surface area (TPSA) is 74.5 Å². The maximum absolute atomic E-state index is 13.0. The number of imidazole rings is 1. The Morgan fingerprint density at radius 3 is 2.59 bits per heavy atom. The third-order valence-electron chi connectivity index (χ3n) is 5.30. The highest BCUT2D eigenvalue weighted by molar-refractivity contribution is 6.02. The van der Waals surface area contributed by atoms with Gasteiger partial charge < -0.3 is 18.9 Å². The molecule has 8 heteroatoms. The van der Waals surface area contributed by atoms with Gasteiger partial charge in [0, 0.05) is 24.8 Å². The molecule has 0 aliphatic carbocycles. The van der Waals surface area contributed by atoms with E-state index in [2.05, 4.69) is 0 Å². The Labute approximate surface area is 184 Å². The molecular weight excluding hydrogens is 410 g/mol. The normalized spacial score (nSPS) is 12.1. The lowest BCUT2D eigenvalue weighted by atomic mass is 10.1. The van der Waals surface area contributed by atoms with Gasteiger partial charge in [0.2, 0.25) is 12.7 Å². The second-order valence-electron chi connectivity index (χ2n) is 7.17. The molecule has 0 saturated heterocycles. The summed E-state index contributed by atoms with van der Waals surface area (Å²) >= 11 is 0. The molecule has 0 N–H and O–H groups in total. The van der Waals surface area contributed by atoms with Gasteiger partial charge in [-0.2, -0.15) is 0 Å². The third-order valence-corrected chi connectivity index (χ3v) is 5.30. The number of pyridine rings is 1. The van der Waals surface area contributed by atoms with Crippen LogP contribution in [0.15, 0.2) is 60.8 Å². The van der Waals surface area contributed by atoms with E-state index < -0.39 is 0 Å². The first-order valence-electron chi connectivity index (χ1n) is 10.0. The summed E-state index contributed by atoms with van der Waals surface area (Å²) in [6, 6.07) is 16.7. The number of fused-ring (bicyclic) bond motifs is 2. The molecule has 4 aromatic rings. The van der Waals surface area contributed by atoms with Crippen LogP contribution in [-0.2, 0) is 4.79 Å². The maximum atomic E-state index is 13.0. The minimum absolute atomic E-state index is 0.158. The van der Waals surface area contributed by atoms with Crippen LogP contribution >= 0.6 is 0 Å². The molecule has 2 aromatic carbocycles. The molecular formula is C24H21N3O5. The average molecular weight is 431 g/mol. The van der Waals surface area contributed by atoms with Gasteiger partial charge >= 0.3 is 0 Å². The number of anilines is 2. The fraction of sp³-hybridized carbons (Fsp3) is 0.167. The number of hydrogen-bond donors (Lipinski definition) is 0. The molecule has 3 heterocycles. The SMILES string of the molecule is COc1ccc(-c2nc3ccccn3c2N(C(C)=O)c2ccc3c(c2)OCO3)cc1OC. The average Bonchev–Trinajstić information content (AvgIpc) is 3.43. The number of amides is 1. The van der Waals surface area contributed by atoms with Crippen LogP contribution < -0.4 is 23.8 Å². The van der Waals surface area contributed by atoms with E-state index in [1.807, 2.05) is 53.1 Å². The van der Waals surface area contributed by atoms with Crippen molar-refractivity contribution in [2.75, 3.05) is 25.9 Å². The summed E-state index contributed by atoms with van der Waals surface area (Å²) in [6.45, 7) is 1.68. The number of aromatic nitrogens is 2. The smallest absolute Gasteiger partial charge is 0.231 e. The first-order valence-corrected chi connectivity index (χ1v) is 10.0. The van der Waals surface area contributed by atoms with Crippen molar-refractivity contribution in [3.63, 3.8) is 0 Å². The van der Waals surface area contributed by atoms with E-state index in [4.69, 9.17) is 23.9 Å². The van der Waals surface area contributed by atoms with Gasteiger partial charge in [0.25, 0.3) is 0 Å². The predicted octanol–water partition coefficient (Wildman–Crippen LogP) is 4.43. The molecule has 1 amide bonds. The first kappa shape index (κ1) is 19.7. The molecule has 0 spiro atoms. The zero-order valence-corrected chi connectivity index (χ0v) is 17.9. The van der Waals surface area contributed by atoms with Crippen LogP contribution in [0.2, 0.25) is 0 Å². The Morgan fingerprint density at radius 1 is 1.00 bits per heavy atom. The Balaban J connectivity index is 1.75. The Bertz CT molecular complexity index is 1330. The minimum Gasteiger partial charge on any atom is -0.493 e. The van der Waals surface area contributed by atoms with Crippen LogP contribution in [0.1, 0.15) is 6.92 Å². The van der Waals surface area contributed by atoms with E-state index in [1.165, 1.54) is 6.92 Å². The van der Waals surface area contributed by atoms with Gasteiger partial charge in [-0.25, -0.2) is 4.98 Å². The van der Waals surface area contributed by atoms with Crippen molar-refractivity contribution in [1.29, 1.82) is 0 Å². The highest BCUT2D eigenvalue weighted by Crippen LogP contribution is 2.42. The van der Waals surface area contributed by atoms with Crippen molar-refractivity contribution in [2.24, 2.45) is 0 Å². The Kier molecular flexibility index (Phi) is 4.82. The summed E-state index contributed by atoms with van der Waals surface area (Å²) in [7, 11) is 3.17. The van der Waals surface area contributed by atoms with Crippen molar-refractivity contribution in [2.45, 2.75) is 6.92 Å². The molecule has 0 unspecified atom stereocenters. The lowest BCUT2D eigenvalue weighted by molar-refractivity contribution is -0.115. The Hall–Kier alpha value is -4.20. The zero-order chi connectivity index (χ0) is 22.2. The molecule has 0 fully saturated rings. The fourth-order valence-corrected chi connectivity index (χ4v) is 3.85. The molecule has 2 aromatic heterocycles. The van der Waals surface area contributed by atoms with Gasteiger partial charge in [-0.3, -0.25) is 14.1 Å². The summed E-state index contributed by atoms with van der Waals surface area (Å²) in [5.74, 6) is 2.87.